The lowest BCUT2D eigenvalue weighted by Gasteiger charge is -2.35. The van der Waals surface area contributed by atoms with Gasteiger partial charge in [-0.05, 0) is 17.7 Å². The Hall–Kier alpha value is -2.14. The van der Waals surface area contributed by atoms with Gasteiger partial charge in [-0.25, -0.2) is 0 Å². The molecule has 9 nitrogen and oxygen atoms in total. The lowest BCUT2D eigenvalue weighted by atomic mass is 9.87. The molecule has 0 aliphatic carbocycles. The molecule has 174 valence electrons. The van der Waals surface area contributed by atoms with Crippen molar-refractivity contribution in [2.24, 2.45) is 0 Å². The summed E-state index contributed by atoms with van der Waals surface area (Å²) in [6.07, 6.45) is 1.62. The number of ether oxygens (including phenoxy) is 9. The number of rotatable bonds is 16. The molecule has 1 aliphatic heterocycles. The predicted molar refractivity (Wildman–Crippen MR) is 112 cm³/mol. The summed E-state index contributed by atoms with van der Waals surface area (Å²) >= 11 is 0. The van der Waals surface area contributed by atoms with E-state index in [0.717, 1.165) is 5.56 Å². The minimum absolute atomic E-state index is 0.0204. The quantitative estimate of drug-likeness (QED) is 0.285. The first-order valence-electron chi connectivity index (χ1n) is 9.69. The van der Waals surface area contributed by atoms with E-state index in [2.05, 4.69) is 13.2 Å². The molecule has 1 aromatic rings. The molecule has 9 heteroatoms. The number of benzene rings is 1. The van der Waals surface area contributed by atoms with Gasteiger partial charge in [-0.15, -0.1) is 13.2 Å². The first-order chi connectivity index (χ1) is 15.1. The molecule has 2 rings (SSSR count). The fraction of sp³-hybridized carbons (Fsp3) is 0.545. The second-order valence-corrected chi connectivity index (χ2v) is 6.57. The van der Waals surface area contributed by atoms with Crippen LogP contribution >= 0.6 is 0 Å². The Labute approximate surface area is 183 Å². The summed E-state index contributed by atoms with van der Waals surface area (Å²) in [4.78, 5) is 0. The van der Waals surface area contributed by atoms with Crippen molar-refractivity contribution < 1.29 is 42.6 Å². The first-order valence-corrected chi connectivity index (χ1v) is 9.69. The van der Waals surface area contributed by atoms with Crippen LogP contribution in [-0.2, 0) is 28.4 Å². The van der Waals surface area contributed by atoms with E-state index < -0.39 is 18.3 Å². The molecular formula is C22H32O9. The molecule has 1 heterocycles. The normalized spacial score (nSPS) is 16.4. The molecule has 0 saturated heterocycles. The highest BCUT2D eigenvalue weighted by atomic mass is 16.7. The largest absolute Gasteiger partial charge is 0.493 e. The lowest BCUT2D eigenvalue weighted by Crippen LogP contribution is -2.45. The smallest absolute Gasteiger partial charge is 0.231 e. The fourth-order valence-electron chi connectivity index (χ4n) is 3.32. The van der Waals surface area contributed by atoms with Gasteiger partial charge in [0.25, 0.3) is 0 Å². The zero-order valence-corrected chi connectivity index (χ0v) is 18.5. The Kier molecular flexibility index (Phi) is 10.8. The molecule has 0 unspecified atom stereocenters. The molecule has 0 radical (unpaired) electrons. The van der Waals surface area contributed by atoms with Crippen LogP contribution < -0.4 is 14.2 Å². The fourth-order valence-corrected chi connectivity index (χ4v) is 3.32. The third-order valence-electron chi connectivity index (χ3n) is 4.69. The van der Waals surface area contributed by atoms with E-state index in [1.807, 2.05) is 12.1 Å². The molecule has 0 fully saturated rings. The molecular weight excluding hydrogens is 408 g/mol. The Bertz CT molecular complexity index is 694. The molecule has 0 bridgehead atoms. The standard InChI is InChI=1S/C22H32O9/c1-7-16(15-9-18(26-6)21-19(10-15)28-14-31-21)20(29-12-24-4)22(30-13-25-5)17(8-2)27-11-23-3/h7-10,16-17,20,22H,1-2,11-14H2,3-6H3/t16-,17-,20+,22+/m0/s1. The number of hydrogen-bond donors (Lipinski definition) is 0. The third kappa shape index (κ3) is 6.42. The van der Waals surface area contributed by atoms with E-state index in [0.29, 0.717) is 17.2 Å². The second kappa shape index (κ2) is 13.3. The van der Waals surface area contributed by atoms with Gasteiger partial charge >= 0.3 is 0 Å². The van der Waals surface area contributed by atoms with Crippen molar-refractivity contribution in [2.45, 2.75) is 24.2 Å². The summed E-state index contributed by atoms with van der Waals surface area (Å²) in [5.74, 6) is 1.33. The Morgan fingerprint density at radius 1 is 0.871 bits per heavy atom. The van der Waals surface area contributed by atoms with E-state index >= 15 is 0 Å². The van der Waals surface area contributed by atoms with E-state index in [-0.39, 0.29) is 33.1 Å². The highest BCUT2D eigenvalue weighted by Gasteiger charge is 2.37. The van der Waals surface area contributed by atoms with Gasteiger partial charge in [0.15, 0.2) is 11.5 Å². The van der Waals surface area contributed by atoms with Gasteiger partial charge in [0.1, 0.15) is 32.6 Å². The number of fused-ring (bicyclic) bond motifs is 1. The van der Waals surface area contributed by atoms with Gasteiger partial charge in [-0.2, -0.15) is 0 Å². The van der Waals surface area contributed by atoms with Crippen LogP contribution in [-0.4, -0.2) is 73.9 Å². The summed E-state index contributed by atoms with van der Waals surface area (Å²) in [5, 5.41) is 0. The molecule has 0 spiro atoms. The van der Waals surface area contributed by atoms with Gasteiger partial charge < -0.3 is 42.6 Å². The average molecular weight is 440 g/mol. The van der Waals surface area contributed by atoms with Crippen LogP contribution in [0.5, 0.6) is 17.2 Å². The highest BCUT2D eigenvalue weighted by molar-refractivity contribution is 5.56. The van der Waals surface area contributed by atoms with Gasteiger partial charge in [0.05, 0.1) is 13.2 Å². The number of hydrogen-bond acceptors (Lipinski definition) is 9. The summed E-state index contributed by atoms with van der Waals surface area (Å²) < 4.78 is 49.7. The van der Waals surface area contributed by atoms with Crippen molar-refractivity contribution in [3.05, 3.63) is 43.0 Å². The predicted octanol–water partition coefficient (Wildman–Crippen LogP) is 2.85. The van der Waals surface area contributed by atoms with Crippen LogP contribution in [0.25, 0.3) is 0 Å². The molecule has 31 heavy (non-hydrogen) atoms. The number of methoxy groups -OCH3 is 4. The maximum Gasteiger partial charge on any atom is 0.231 e. The molecule has 0 N–H and O–H groups in total. The molecule has 0 aromatic heterocycles. The second-order valence-electron chi connectivity index (χ2n) is 6.57. The van der Waals surface area contributed by atoms with Gasteiger partial charge in [-0.3, -0.25) is 0 Å². The molecule has 4 atom stereocenters. The monoisotopic (exact) mass is 440 g/mol. The maximum absolute atomic E-state index is 6.06. The van der Waals surface area contributed by atoms with Crippen molar-refractivity contribution in [3.8, 4) is 17.2 Å². The van der Waals surface area contributed by atoms with E-state index in [1.54, 1.807) is 26.4 Å². The zero-order chi connectivity index (χ0) is 22.6. The summed E-state index contributed by atoms with van der Waals surface area (Å²) in [7, 11) is 6.19. The van der Waals surface area contributed by atoms with Crippen LogP contribution in [0.4, 0.5) is 0 Å². The summed E-state index contributed by atoms with van der Waals surface area (Å²) in [6, 6.07) is 3.72. The topological polar surface area (TPSA) is 83.1 Å². The average Bonchev–Trinajstić information content (AvgIpc) is 3.27. The maximum atomic E-state index is 6.06. The van der Waals surface area contributed by atoms with Crippen LogP contribution in [0.3, 0.4) is 0 Å². The minimum atomic E-state index is -0.623. The van der Waals surface area contributed by atoms with Gasteiger partial charge in [-0.1, -0.05) is 12.2 Å². The Morgan fingerprint density at radius 2 is 1.52 bits per heavy atom. The van der Waals surface area contributed by atoms with E-state index in [4.69, 9.17) is 42.6 Å². The van der Waals surface area contributed by atoms with Gasteiger partial charge in [0, 0.05) is 27.2 Å². The van der Waals surface area contributed by atoms with Crippen LogP contribution in [0, 0.1) is 0 Å². The highest BCUT2D eigenvalue weighted by Crippen LogP contribution is 2.44. The van der Waals surface area contributed by atoms with E-state index in [9.17, 15) is 0 Å². The van der Waals surface area contributed by atoms with Crippen LogP contribution in [0.1, 0.15) is 11.5 Å². The molecule has 1 aliphatic rings. The Morgan fingerprint density at radius 3 is 2.10 bits per heavy atom. The van der Waals surface area contributed by atoms with Crippen LogP contribution in [0.15, 0.2) is 37.4 Å². The van der Waals surface area contributed by atoms with Crippen molar-refractivity contribution in [3.63, 3.8) is 0 Å². The Balaban J connectivity index is 2.46. The van der Waals surface area contributed by atoms with Crippen molar-refractivity contribution in [1.29, 1.82) is 0 Å². The van der Waals surface area contributed by atoms with Crippen molar-refractivity contribution in [2.75, 3.05) is 55.6 Å². The van der Waals surface area contributed by atoms with Crippen molar-refractivity contribution in [1.82, 2.24) is 0 Å². The van der Waals surface area contributed by atoms with Crippen LogP contribution in [0.2, 0.25) is 0 Å². The zero-order valence-electron chi connectivity index (χ0n) is 18.5. The molecule has 0 amide bonds. The van der Waals surface area contributed by atoms with E-state index in [1.165, 1.54) is 14.2 Å². The SMILES string of the molecule is C=C[C@H](OCOC)[C@@H](OCOC)[C@H](OCOC)[C@@H](C=C)c1cc(OC)c2c(c1)OCO2. The first kappa shape index (κ1) is 25.1. The van der Waals surface area contributed by atoms with Gasteiger partial charge in [0.2, 0.25) is 12.5 Å². The molecule has 0 saturated carbocycles. The summed E-state index contributed by atoms with van der Waals surface area (Å²) in [5.41, 5.74) is 0.831. The van der Waals surface area contributed by atoms with Crippen molar-refractivity contribution >= 4 is 0 Å². The summed E-state index contributed by atoms with van der Waals surface area (Å²) in [6.45, 7) is 8.11. The molecule has 1 aromatic carbocycles. The lowest BCUT2D eigenvalue weighted by molar-refractivity contribution is -0.199. The third-order valence-corrected chi connectivity index (χ3v) is 4.69. The minimum Gasteiger partial charge on any atom is -0.493 e.